The lowest BCUT2D eigenvalue weighted by atomic mass is 9.86. The Hall–Kier alpha value is -7.64. The normalized spacial score (nSPS) is 13.6. The van der Waals surface area contributed by atoms with E-state index < -0.39 is 0 Å². The van der Waals surface area contributed by atoms with Crippen molar-refractivity contribution in [1.82, 2.24) is 24.5 Å². The number of hydrogen-bond acceptors (Lipinski definition) is 6. The van der Waals surface area contributed by atoms with Crippen molar-refractivity contribution < 1.29 is 0 Å². The van der Waals surface area contributed by atoms with Crippen LogP contribution in [0.5, 0.6) is 0 Å². The van der Waals surface area contributed by atoms with Crippen LogP contribution in [-0.4, -0.2) is 24.5 Å². The molecule has 0 radical (unpaired) electrons. The summed E-state index contributed by atoms with van der Waals surface area (Å²) in [6.07, 6.45) is 11.2. The van der Waals surface area contributed by atoms with Gasteiger partial charge in [0, 0.05) is 47.1 Å². The van der Waals surface area contributed by atoms with Gasteiger partial charge in [-0.05, 0) is 98.6 Å². The number of fused-ring (bicyclic) bond motifs is 4. The minimum Gasteiger partial charge on any atom is -0.359 e. The Morgan fingerprint density at radius 3 is 1.93 bits per heavy atom. The molecule has 56 heavy (non-hydrogen) atoms. The van der Waals surface area contributed by atoms with Crippen molar-refractivity contribution >= 4 is 49.6 Å². The number of rotatable bonds is 6. The van der Waals surface area contributed by atoms with E-state index >= 15 is 0 Å². The molecular weight excluding hydrogens is 687 g/mol. The Morgan fingerprint density at radius 1 is 0.482 bits per heavy atom. The van der Waals surface area contributed by atoms with Gasteiger partial charge in [-0.3, -0.25) is 19.5 Å². The minimum absolute atomic E-state index is 0.117. The highest BCUT2D eigenvalue weighted by Crippen LogP contribution is 2.48. The van der Waals surface area contributed by atoms with E-state index in [2.05, 4.69) is 158 Å². The summed E-state index contributed by atoms with van der Waals surface area (Å²) in [6.45, 7) is 0. The Bertz CT molecular complexity index is 3030. The molecule has 6 aromatic carbocycles. The molecule has 0 amide bonds. The number of anilines is 3. The predicted octanol–water partition coefficient (Wildman–Crippen LogP) is 11.8. The van der Waals surface area contributed by atoms with Gasteiger partial charge >= 0.3 is 0 Å². The first-order chi connectivity index (χ1) is 27.8. The number of benzene rings is 6. The monoisotopic (exact) mass is 719 g/mol. The molecule has 0 saturated heterocycles. The van der Waals surface area contributed by atoms with Crippen molar-refractivity contribution in [1.29, 1.82) is 0 Å². The number of aromatic nitrogens is 5. The van der Waals surface area contributed by atoms with Gasteiger partial charge in [0.2, 0.25) is 0 Å². The van der Waals surface area contributed by atoms with Crippen molar-refractivity contribution in [2.45, 2.75) is 6.17 Å². The Balaban J connectivity index is 1.08. The minimum atomic E-state index is -0.117. The molecule has 0 fully saturated rings. The van der Waals surface area contributed by atoms with Gasteiger partial charge in [-0.25, -0.2) is 4.98 Å². The first-order valence-corrected chi connectivity index (χ1v) is 18.7. The molecule has 1 atom stereocenters. The zero-order chi connectivity index (χ0) is 37.0. The molecule has 1 aliphatic heterocycles. The molecule has 1 aliphatic rings. The van der Waals surface area contributed by atoms with E-state index in [9.17, 15) is 0 Å². The van der Waals surface area contributed by atoms with Gasteiger partial charge in [0.1, 0.15) is 17.5 Å². The third-order valence-corrected chi connectivity index (χ3v) is 10.8. The molecule has 264 valence electrons. The molecule has 1 N–H and O–H groups in total. The van der Waals surface area contributed by atoms with Crippen molar-refractivity contribution in [3.05, 3.63) is 194 Å². The molecule has 7 nitrogen and oxygen atoms in total. The standard InChI is InChI=1S/C49H33N7/c1-3-15-36(16-4-1)55-44-23-26-51-30-43(44)54-49(55)35-14-10-12-33(28-35)47-39-20-8-7-19-38(39)46(40-21-24-50-29-41(40)47)32-11-9-13-34(27-32)48-53-42-22-25-52-31-45(42)56(48)37-17-5-2-6-18-37/h1-31,48,53H. The van der Waals surface area contributed by atoms with Crippen LogP contribution in [0.2, 0.25) is 0 Å². The number of nitrogens with zero attached hydrogens (tertiary/aromatic N) is 6. The van der Waals surface area contributed by atoms with Gasteiger partial charge in [0.15, 0.2) is 0 Å². The Kier molecular flexibility index (Phi) is 7.41. The van der Waals surface area contributed by atoms with E-state index in [0.29, 0.717) is 0 Å². The summed E-state index contributed by atoms with van der Waals surface area (Å²) in [5, 5.41) is 8.37. The fraction of sp³-hybridized carbons (Fsp3) is 0.0204. The lowest BCUT2D eigenvalue weighted by molar-refractivity contribution is 0.828. The van der Waals surface area contributed by atoms with Crippen LogP contribution in [-0.2, 0) is 0 Å². The molecule has 4 aromatic heterocycles. The molecule has 11 rings (SSSR count). The summed E-state index contributed by atoms with van der Waals surface area (Å²) in [5.41, 5.74) is 12.9. The van der Waals surface area contributed by atoms with Crippen LogP contribution in [0.3, 0.4) is 0 Å². The molecule has 5 heterocycles. The second-order valence-electron chi connectivity index (χ2n) is 14.0. The van der Waals surface area contributed by atoms with E-state index in [1.54, 1.807) is 0 Å². The maximum atomic E-state index is 5.13. The van der Waals surface area contributed by atoms with Crippen LogP contribution >= 0.6 is 0 Å². The third-order valence-electron chi connectivity index (χ3n) is 10.8. The molecule has 0 saturated carbocycles. The lowest BCUT2D eigenvalue weighted by Gasteiger charge is -2.27. The summed E-state index contributed by atoms with van der Waals surface area (Å²) in [5.74, 6) is 0.865. The third kappa shape index (κ3) is 5.13. The van der Waals surface area contributed by atoms with Crippen molar-refractivity contribution in [2.24, 2.45) is 0 Å². The zero-order valence-corrected chi connectivity index (χ0v) is 30.2. The maximum Gasteiger partial charge on any atom is 0.145 e. The average Bonchev–Trinajstić information content (AvgIpc) is 3.86. The first-order valence-electron chi connectivity index (χ1n) is 18.7. The quantitative estimate of drug-likeness (QED) is 0.173. The second-order valence-corrected chi connectivity index (χ2v) is 14.0. The molecule has 0 aliphatic carbocycles. The van der Waals surface area contributed by atoms with E-state index in [0.717, 1.165) is 83.6 Å². The predicted molar refractivity (Wildman–Crippen MR) is 227 cm³/mol. The summed E-state index contributed by atoms with van der Waals surface area (Å²) >= 11 is 0. The summed E-state index contributed by atoms with van der Waals surface area (Å²) in [4.78, 5) is 21.0. The van der Waals surface area contributed by atoms with E-state index in [4.69, 9.17) is 9.97 Å². The fourth-order valence-corrected chi connectivity index (χ4v) is 8.45. The van der Waals surface area contributed by atoms with Crippen molar-refractivity contribution in [3.8, 4) is 39.3 Å². The zero-order valence-electron chi connectivity index (χ0n) is 30.2. The fourth-order valence-electron chi connectivity index (χ4n) is 8.45. The van der Waals surface area contributed by atoms with Gasteiger partial charge in [0.25, 0.3) is 0 Å². The van der Waals surface area contributed by atoms with Crippen LogP contribution < -0.4 is 10.2 Å². The first kappa shape index (κ1) is 31.8. The van der Waals surface area contributed by atoms with Gasteiger partial charge in [0.05, 0.1) is 29.3 Å². The molecule has 7 heteroatoms. The highest BCUT2D eigenvalue weighted by atomic mass is 15.3. The number of nitrogens with one attached hydrogen (secondary N) is 1. The molecule has 0 bridgehead atoms. The van der Waals surface area contributed by atoms with Crippen LogP contribution in [0.25, 0.3) is 71.9 Å². The average molecular weight is 720 g/mol. The van der Waals surface area contributed by atoms with Gasteiger partial charge < -0.3 is 10.2 Å². The van der Waals surface area contributed by atoms with Gasteiger partial charge in [-0.2, -0.15) is 0 Å². The van der Waals surface area contributed by atoms with E-state index in [1.807, 2.05) is 55.4 Å². The SMILES string of the molecule is c1ccc(N2c3cnccc3NC2c2cccc(-c3c4ccccc4c(-c4cccc(-c5nc6cnccc6n5-c5ccccc5)c4)c4cnccc34)c2)cc1. The van der Waals surface area contributed by atoms with Crippen molar-refractivity contribution in [2.75, 3.05) is 10.2 Å². The molecule has 0 spiro atoms. The highest BCUT2D eigenvalue weighted by Gasteiger charge is 2.32. The highest BCUT2D eigenvalue weighted by molar-refractivity contribution is 6.21. The summed E-state index contributed by atoms with van der Waals surface area (Å²) in [7, 11) is 0. The number of imidazole rings is 1. The van der Waals surface area contributed by atoms with Gasteiger partial charge in [-0.1, -0.05) is 97.1 Å². The van der Waals surface area contributed by atoms with Gasteiger partial charge in [-0.15, -0.1) is 0 Å². The van der Waals surface area contributed by atoms with Crippen LogP contribution in [0.4, 0.5) is 17.1 Å². The van der Waals surface area contributed by atoms with Crippen LogP contribution in [0.1, 0.15) is 11.7 Å². The Labute approximate surface area is 323 Å². The van der Waals surface area contributed by atoms with E-state index in [-0.39, 0.29) is 6.17 Å². The van der Waals surface area contributed by atoms with E-state index in [1.165, 1.54) is 10.9 Å². The molecule has 10 aromatic rings. The lowest BCUT2D eigenvalue weighted by Crippen LogP contribution is -2.23. The van der Waals surface area contributed by atoms with Crippen molar-refractivity contribution in [3.63, 3.8) is 0 Å². The Morgan fingerprint density at radius 2 is 1.11 bits per heavy atom. The topological polar surface area (TPSA) is 71.8 Å². The molecular formula is C49H33N7. The largest absolute Gasteiger partial charge is 0.359 e. The molecule has 1 unspecified atom stereocenters. The summed E-state index contributed by atoms with van der Waals surface area (Å²) < 4.78 is 2.22. The smallest absolute Gasteiger partial charge is 0.145 e. The summed E-state index contributed by atoms with van der Waals surface area (Å²) in [6, 6.07) is 53.6. The number of para-hydroxylation sites is 2. The van der Waals surface area contributed by atoms with Crippen LogP contribution in [0, 0.1) is 0 Å². The second kappa shape index (κ2) is 13.0. The van der Waals surface area contributed by atoms with Crippen LogP contribution in [0.15, 0.2) is 189 Å². The number of hydrogen-bond donors (Lipinski definition) is 1. The maximum absolute atomic E-state index is 5.13. The number of pyridine rings is 3.